The summed E-state index contributed by atoms with van der Waals surface area (Å²) < 4.78 is 23.9. The molecule has 1 saturated carbocycles. The average molecular weight is 427 g/mol. The monoisotopic (exact) mass is 426 g/mol. The van der Waals surface area contributed by atoms with Gasteiger partial charge in [-0.25, -0.2) is 4.39 Å². The van der Waals surface area contributed by atoms with Crippen LogP contribution in [0.4, 0.5) is 4.39 Å². The van der Waals surface area contributed by atoms with Crippen LogP contribution in [0.2, 0.25) is 5.02 Å². The summed E-state index contributed by atoms with van der Waals surface area (Å²) in [6.07, 6.45) is 5.94. The van der Waals surface area contributed by atoms with Gasteiger partial charge in [0.25, 0.3) is 0 Å². The molecule has 1 heterocycles. The number of nitrogens with two attached hydrogens (primary N) is 1. The summed E-state index contributed by atoms with van der Waals surface area (Å²) in [6.45, 7) is 11.6. The molecule has 6 heteroatoms. The van der Waals surface area contributed by atoms with Gasteiger partial charge in [-0.15, -0.1) is 0 Å². The quantitative estimate of drug-likeness (QED) is 0.588. The number of rotatable bonds is 7. The number of nitrogens with zero attached hydrogens (tertiary/aromatic N) is 1. The number of benzene rings is 1. The number of halogens is 2. The fraction of sp³-hybridized carbons (Fsp3) is 0.652. The molecule has 0 unspecified atom stereocenters. The van der Waals surface area contributed by atoms with Crippen molar-refractivity contribution in [3.63, 3.8) is 0 Å². The predicted molar refractivity (Wildman–Crippen MR) is 118 cm³/mol. The molecule has 29 heavy (non-hydrogen) atoms. The average Bonchev–Trinajstić information content (AvgIpc) is 2.66. The Bertz CT molecular complexity index is 656. The molecule has 164 valence electrons. The summed E-state index contributed by atoms with van der Waals surface area (Å²) in [7, 11) is 2.15. The number of hydrogen-bond acceptors (Lipinski definition) is 4. The van der Waals surface area contributed by atoms with Crippen LogP contribution in [0, 0.1) is 23.1 Å². The molecular formula is C23H36ClFN2O2. The maximum Gasteiger partial charge on any atom is 0.176 e. The van der Waals surface area contributed by atoms with Gasteiger partial charge < -0.3 is 20.1 Å². The lowest BCUT2D eigenvalue weighted by atomic mass is 9.77. The van der Waals surface area contributed by atoms with E-state index in [0.29, 0.717) is 23.3 Å². The molecule has 2 fully saturated rings. The number of piperidine rings is 1. The number of ether oxygens (including phenoxy) is 2. The van der Waals surface area contributed by atoms with Gasteiger partial charge in [-0.05, 0) is 88.9 Å². The Labute approximate surface area is 180 Å². The van der Waals surface area contributed by atoms with Crippen molar-refractivity contribution in [2.75, 3.05) is 33.4 Å². The third-order valence-corrected chi connectivity index (χ3v) is 6.50. The molecule has 0 atom stereocenters. The third-order valence-electron chi connectivity index (χ3n) is 6.20. The first-order valence-corrected chi connectivity index (χ1v) is 10.9. The second-order valence-corrected chi connectivity index (χ2v) is 9.15. The predicted octanol–water partition coefficient (Wildman–Crippen LogP) is 5.46. The molecule has 0 aromatic heterocycles. The van der Waals surface area contributed by atoms with Crippen LogP contribution in [0.5, 0.6) is 5.75 Å². The van der Waals surface area contributed by atoms with Crippen molar-refractivity contribution < 1.29 is 13.9 Å². The first kappa shape index (κ1) is 23.8. The summed E-state index contributed by atoms with van der Waals surface area (Å²) >= 11 is 5.99. The highest BCUT2D eigenvalue weighted by Crippen LogP contribution is 2.36. The number of likely N-dealkylation sites (tertiary alicyclic amines) is 1. The Kier molecular flexibility index (Phi) is 9.09. The highest BCUT2D eigenvalue weighted by Gasteiger charge is 2.33. The topological polar surface area (TPSA) is 47.7 Å². The molecule has 4 nitrogen and oxygen atoms in total. The minimum Gasteiger partial charge on any atom is -0.491 e. The lowest BCUT2D eigenvalue weighted by molar-refractivity contribution is 0.0608. The summed E-state index contributed by atoms with van der Waals surface area (Å²) in [4.78, 5) is 2.35. The van der Waals surface area contributed by atoms with Crippen LogP contribution >= 0.6 is 11.6 Å². The molecule has 0 amide bonds. The summed E-state index contributed by atoms with van der Waals surface area (Å²) in [5.41, 5.74) is 5.46. The zero-order valence-electron chi connectivity index (χ0n) is 18.1. The van der Waals surface area contributed by atoms with E-state index in [1.165, 1.54) is 25.0 Å². The molecule has 0 bridgehead atoms. The van der Waals surface area contributed by atoms with E-state index in [1.807, 2.05) is 0 Å². The highest BCUT2D eigenvalue weighted by atomic mass is 35.5. The molecule has 1 aromatic carbocycles. The summed E-state index contributed by atoms with van der Waals surface area (Å²) in [5, 5.41) is 0.346. The van der Waals surface area contributed by atoms with Crippen molar-refractivity contribution in [2.45, 2.75) is 46.0 Å². The normalized spacial score (nSPS) is 23.3. The molecule has 1 aliphatic heterocycles. The molecule has 2 aliphatic rings. The van der Waals surface area contributed by atoms with Gasteiger partial charge in [0.2, 0.25) is 0 Å². The van der Waals surface area contributed by atoms with Crippen molar-refractivity contribution in [3.05, 3.63) is 41.5 Å². The van der Waals surface area contributed by atoms with E-state index >= 15 is 0 Å². The highest BCUT2D eigenvalue weighted by molar-refractivity contribution is 6.32. The third kappa shape index (κ3) is 7.71. The Morgan fingerprint density at radius 3 is 2.52 bits per heavy atom. The van der Waals surface area contributed by atoms with Crippen molar-refractivity contribution in [3.8, 4) is 5.75 Å². The van der Waals surface area contributed by atoms with Crippen LogP contribution in [0.3, 0.4) is 0 Å². The molecule has 1 aromatic rings. The molecule has 1 saturated heterocycles. The van der Waals surface area contributed by atoms with Crippen LogP contribution in [-0.2, 0) is 4.74 Å². The van der Waals surface area contributed by atoms with Gasteiger partial charge in [-0.1, -0.05) is 25.4 Å². The van der Waals surface area contributed by atoms with E-state index in [0.717, 1.165) is 50.8 Å². The molecular weight excluding hydrogens is 391 g/mol. The first-order chi connectivity index (χ1) is 13.7. The van der Waals surface area contributed by atoms with E-state index in [4.69, 9.17) is 26.8 Å². The largest absolute Gasteiger partial charge is 0.491 e. The SMILES string of the molecule is C=C(N)OCC1CC(C)C1.CCC1(COc2ccc(F)cc2Cl)CCN(C)CC1. The second-order valence-electron chi connectivity index (χ2n) is 8.74. The zero-order valence-corrected chi connectivity index (χ0v) is 18.8. The zero-order chi connectivity index (χ0) is 21.4. The minimum absolute atomic E-state index is 0.226. The molecule has 3 rings (SSSR count). The summed E-state index contributed by atoms with van der Waals surface area (Å²) in [5.74, 6) is 2.21. The van der Waals surface area contributed by atoms with Gasteiger partial charge in [-0.3, -0.25) is 0 Å². The standard InChI is InChI=1S/C15H21ClFNO.C8H15NO/c1-3-15(6-8-18(2)9-7-15)11-19-14-5-4-12(17)10-13(14)16;1-6-3-8(4-6)5-10-7(2)9/h4-5,10H,3,6-9,11H2,1-2H3;6,8H,2-5,9H2,1H3. The maximum atomic E-state index is 13.0. The number of hydrogen-bond donors (Lipinski definition) is 1. The Balaban J connectivity index is 0.000000253. The Morgan fingerprint density at radius 1 is 1.34 bits per heavy atom. The summed E-state index contributed by atoms with van der Waals surface area (Å²) in [6, 6.07) is 4.29. The van der Waals surface area contributed by atoms with E-state index in [2.05, 4.69) is 32.4 Å². The minimum atomic E-state index is -0.332. The van der Waals surface area contributed by atoms with E-state index in [-0.39, 0.29) is 11.2 Å². The smallest absolute Gasteiger partial charge is 0.176 e. The van der Waals surface area contributed by atoms with Crippen LogP contribution < -0.4 is 10.5 Å². The molecule has 0 spiro atoms. The van der Waals surface area contributed by atoms with Crippen molar-refractivity contribution in [2.24, 2.45) is 23.0 Å². The lowest BCUT2D eigenvalue weighted by Crippen LogP contribution is -2.41. The fourth-order valence-corrected chi connectivity index (χ4v) is 4.17. The van der Waals surface area contributed by atoms with Crippen molar-refractivity contribution in [1.29, 1.82) is 0 Å². The van der Waals surface area contributed by atoms with Gasteiger partial charge >= 0.3 is 0 Å². The lowest BCUT2D eigenvalue weighted by Gasteiger charge is -2.39. The molecule has 1 aliphatic carbocycles. The van der Waals surface area contributed by atoms with E-state index in [1.54, 1.807) is 6.07 Å². The fourth-order valence-electron chi connectivity index (χ4n) is 3.95. The van der Waals surface area contributed by atoms with Crippen LogP contribution in [0.15, 0.2) is 30.7 Å². The Morgan fingerprint density at radius 2 is 2.00 bits per heavy atom. The van der Waals surface area contributed by atoms with E-state index < -0.39 is 0 Å². The van der Waals surface area contributed by atoms with Crippen LogP contribution in [0.25, 0.3) is 0 Å². The van der Waals surface area contributed by atoms with Crippen LogP contribution in [0.1, 0.15) is 46.0 Å². The second kappa shape index (κ2) is 11.1. The van der Waals surface area contributed by atoms with Crippen LogP contribution in [-0.4, -0.2) is 38.3 Å². The maximum absolute atomic E-state index is 13.0. The first-order valence-electron chi connectivity index (χ1n) is 10.6. The Hall–Kier alpha value is -1.46. The molecule has 2 N–H and O–H groups in total. The van der Waals surface area contributed by atoms with Gasteiger partial charge in [0.05, 0.1) is 18.2 Å². The van der Waals surface area contributed by atoms with Gasteiger partial charge in [0, 0.05) is 5.41 Å². The van der Waals surface area contributed by atoms with Crippen molar-refractivity contribution >= 4 is 11.6 Å². The van der Waals surface area contributed by atoms with Gasteiger partial charge in [-0.2, -0.15) is 0 Å². The van der Waals surface area contributed by atoms with Gasteiger partial charge in [0.1, 0.15) is 11.6 Å². The van der Waals surface area contributed by atoms with E-state index in [9.17, 15) is 4.39 Å². The van der Waals surface area contributed by atoms with Crippen molar-refractivity contribution in [1.82, 2.24) is 4.90 Å². The van der Waals surface area contributed by atoms with Gasteiger partial charge in [0.15, 0.2) is 5.88 Å². The molecule has 0 radical (unpaired) electrons.